The number of H-pyrrole nitrogens is 1. The third-order valence-corrected chi connectivity index (χ3v) is 1.84. The van der Waals surface area contributed by atoms with Crippen molar-refractivity contribution in [3.63, 3.8) is 0 Å². The van der Waals surface area contributed by atoms with Crippen LogP contribution in [0.4, 0.5) is 0 Å². The fraction of sp³-hybridized carbons (Fsp3) is 0.429. The van der Waals surface area contributed by atoms with E-state index >= 15 is 0 Å². The van der Waals surface area contributed by atoms with Gasteiger partial charge in [0.2, 0.25) is 5.91 Å². The van der Waals surface area contributed by atoms with Gasteiger partial charge in [-0.3, -0.25) is 4.79 Å². The number of aryl methyl sites for hydroxylation is 1. The fourth-order valence-electron chi connectivity index (χ4n) is 0.916. The topological polar surface area (TPSA) is 49.8 Å². The number of imidazole rings is 1. The van der Waals surface area contributed by atoms with Gasteiger partial charge in [0.1, 0.15) is 6.54 Å². The number of rotatable bonds is 2. The number of nitrogens with one attached hydrogen (secondary N) is 2. The number of aromatic nitrogens is 2. The third kappa shape index (κ3) is 1.94. The molecule has 0 aliphatic carbocycles. The van der Waals surface area contributed by atoms with Crippen LogP contribution in [-0.4, -0.2) is 22.5 Å². The van der Waals surface area contributed by atoms with E-state index in [2.05, 4.69) is 10.3 Å². The predicted molar refractivity (Wildman–Crippen MR) is 48.4 cm³/mol. The zero-order valence-corrected chi connectivity index (χ0v) is 7.86. The summed E-state index contributed by atoms with van der Waals surface area (Å²) < 4.78 is 2.28. The Labute approximate surface area is 75.6 Å². The first kappa shape index (κ1) is 8.99. The maximum Gasteiger partial charge on any atom is 0.239 e. The van der Waals surface area contributed by atoms with Crippen molar-refractivity contribution in [3.05, 3.63) is 16.7 Å². The monoisotopic (exact) mass is 185 g/mol. The first-order valence-electron chi connectivity index (χ1n) is 3.60. The summed E-state index contributed by atoms with van der Waals surface area (Å²) in [6, 6.07) is 0. The van der Waals surface area contributed by atoms with Crippen LogP contribution in [0, 0.1) is 11.7 Å². The van der Waals surface area contributed by atoms with Gasteiger partial charge < -0.3 is 14.9 Å². The molecule has 1 aromatic heterocycles. The number of likely N-dealkylation sites (N-methyl/N-ethyl adjacent to an activating group) is 1. The van der Waals surface area contributed by atoms with Crippen LogP contribution in [-0.2, 0) is 11.3 Å². The Morgan fingerprint density at radius 1 is 1.83 bits per heavy atom. The number of nitrogens with zero attached hydrogens (tertiary/aromatic N) is 1. The molecule has 0 radical (unpaired) electrons. The highest BCUT2D eigenvalue weighted by Gasteiger charge is 2.01. The summed E-state index contributed by atoms with van der Waals surface area (Å²) in [5.74, 6) is -0.0508. The number of carbonyl (C=O) groups excluding carboxylic acids is 1. The van der Waals surface area contributed by atoms with Crippen LogP contribution in [0.2, 0.25) is 0 Å². The Balaban J connectivity index is 2.82. The van der Waals surface area contributed by atoms with Crippen molar-refractivity contribution in [1.29, 1.82) is 0 Å². The van der Waals surface area contributed by atoms with Gasteiger partial charge in [-0.05, 0) is 19.1 Å². The number of hydrogen-bond acceptors (Lipinski definition) is 2. The van der Waals surface area contributed by atoms with Gasteiger partial charge in [-0.15, -0.1) is 0 Å². The minimum Gasteiger partial charge on any atom is -0.358 e. The van der Waals surface area contributed by atoms with Gasteiger partial charge in [0.15, 0.2) is 4.77 Å². The summed E-state index contributed by atoms with van der Waals surface area (Å²) in [7, 11) is 1.60. The molecule has 0 aliphatic rings. The summed E-state index contributed by atoms with van der Waals surface area (Å²) in [6.45, 7) is 2.18. The Bertz CT molecular complexity index is 339. The molecule has 0 spiro atoms. The molecule has 12 heavy (non-hydrogen) atoms. The number of hydrogen-bond donors (Lipinski definition) is 2. The summed E-state index contributed by atoms with van der Waals surface area (Å²) in [4.78, 5) is 13.9. The molecule has 66 valence electrons. The maximum atomic E-state index is 11.0. The Hall–Kier alpha value is -1.10. The van der Waals surface area contributed by atoms with Crippen molar-refractivity contribution in [1.82, 2.24) is 14.9 Å². The van der Waals surface area contributed by atoms with Crippen LogP contribution in [0.1, 0.15) is 5.69 Å². The molecule has 0 saturated carbocycles. The van der Waals surface area contributed by atoms with E-state index in [9.17, 15) is 4.79 Å². The molecule has 0 aliphatic heterocycles. The second kappa shape index (κ2) is 3.53. The molecule has 5 heteroatoms. The Morgan fingerprint density at radius 2 is 2.50 bits per heavy atom. The molecule has 4 nitrogen and oxygen atoms in total. The zero-order chi connectivity index (χ0) is 9.14. The van der Waals surface area contributed by atoms with Crippen LogP contribution in [0.15, 0.2) is 6.20 Å². The van der Waals surface area contributed by atoms with E-state index in [0.29, 0.717) is 4.77 Å². The maximum absolute atomic E-state index is 11.0. The first-order chi connectivity index (χ1) is 5.63. The molecule has 1 aromatic rings. The van der Waals surface area contributed by atoms with E-state index in [-0.39, 0.29) is 12.5 Å². The molecule has 1 amide bonds. The average Bonchev–Trinajstić information content (AvgIpc) is 2.30. The minimum absolute atomic E-state index is 0.0508. The second-order valence-corrected chi connectivity index (χ2v) is 2.93. The molecule has 0 unspecified atom stereocenters. The summed E-state index contributed by atoms with van der Waals surface area (Å²) in [6.07, 6.45) is 1.82. The lowest BCUT2D eigenvalue weighted by atomic mass is 10.5. The summed E-state index contributed by atoms with van der Waals surface area (Å²) in [5.41, 5.74) is 0.962. The average molecular weight is 185 g/mol. The van der Waals surface area contributed by atoms with E-state index in [1.54, 1.807) is 11.6 Å². The third-order valence-electron chi connectivity index (χ3n) is 1.51. The van der Waals surface area contributed by atoms with Crippen molar-refractivity contribution in [2.75, 3.05) is 7.05 Å². The van der Waals surface area contributed by atoms with Gasteiger partial charge in [0, 0.05) is 18.9 Å². The largest absolute Gasteiger partial charge is 0.358 e. The van der Waals surface area contributed by atoms with Gasteiger partial charge >= 0.3 is 0 Å². The van der Waals surface area contributed by atoms with Crippen molar-refractivity contribution in [2.24, 2.45) is 0 Å². The number of amides is 1. The molecule has 0 fully saturated rings. The zero-order valence-electron chi connectivity index (χ0n) is 7.05. The van der Waals surface area contributed by atoms with Crippen molar-refractivity contribution in [3.8, 4) is 0 Å². The van der Waals surface area contributed by atoms with Gasteiger partial charge in [-0.2, -0.15) is 0 Å². The van der Waals surface area contributed by atoms with E-state index in [1.165, 1.54) is 0 Å². The van der Waals surface area contributed by atoms with Crippen LogP contribution in [0.5, 0.6) is 0 Å². The molecule has 0 aromatic carbocycles. The second-order valence-electron chi connectivity index (χ2n) is 2.54. The highest BCUT2D eigenvalue weighted by Crippen LogP contribution is 1.96. The van der Waals surface area contributed by atoms with Crippen molar-refractivity contribution < 1.29 is 4.79 Å². The highest BCUT2D eigenvalue weighted by molar-refractivity contribution is 7.71. The molecule has 0 saturated heterocycles. The van der Waals surface area contributed by atoms with E-state index < -0.39 is 0 Å². The lowest BCUT2D eigenvalue weighted by molar-refractivity contribution is -0.121. The normalized spacial score (nSPS) is 9.83. The quantitative estimate of drug-likeness (QED) is 0.663. The SMILES string of the molecule is CNC(=O)Cn1cc(C)[nH]c1=S. The molecule has 1 heterocycles. The Morgan fingerprint density at radius 3 is 2.92 bits per heavy atom. The fourth-order valence-corrected chi connectivity index (χ4v) is 1.19. The molecule has 0 atom stereocenters. The van der Waals surface area contributed by atoms with Crippen LogP contribution < -0.4 is 5.32 Å². The van der Waals surface area contributed by atoms with Crippen molar-refractivity contribution in [2.45, 2.75) is 13.5 Å². The van der Waals surface area contributed by atoms with E-state index in [4.69, 9.17) is 12.2 Å². The Kier molecular flexibility index (Phi) is 2.65. The molecule has 1 rings (SSSR count). The number of aromatic amines is 1. The number of carbonyl (C=O) groups is 1. The van der Waals surface area contributed by atoms with Gasteiger partial charge in [0.05, 0.1) is 0 Å². The predicted octanol–water partition coefficient (Wildman–Crippen LogP) is 0.600. The van der Waals surface area contributed by atoms with Gasteiger partial charge in [-0.25, -0.2) is 0 Å². The van der Waals surface area contributed by atoms with Crippen LogP contribution in [0.3, 0.4) is 0 Å². The first-order valence-corrected chi connectivity index (χ1v) is 4.01. The molecule has 0 bridgehead atoms. The van der Waals surface area contributed by atoms with Crippen molar-refractivity contribution >= 4 is 18.1 Å². The highest BCUT2D eigenvalue weighted by atomic mass is 32.1. The van der Waals surface area contributed by atoms with Crippen LogP contribution >= 0.6 is 12.2 Å². The van der Waals surface area contributed by atoms with Crippen LogP contribution in [0.25, 0.3) is 0 Å². The lowest BCUT2D eigenvalue weighted by Crippen LogP contribution is -2.23. The summed E-state index contributed by atoms with van der Waals surface area (Å²) >= 11 is 4.97. The van der Waals surface area contributed by atoms with Gasteiger partial charge in [-0.1, -0.05) is 0 Å². The van der Waals surface area contributed by atoms with E-state index in [0.717, 1.165) is 5.69 Å². The standard InChI is InChI=1S/C7H11N3OS/c1-5-3-10(7(12)9-5)4-6(11)8-2/h3H,4H2,1-2H3,(H,8,11)(H,9,12). The molecular weight excluding hydrogens is 174 g/mol. The van der Waals surface area contributed by atoms with Gasteiger partial charge in [0.25, 0.3) is 0 Å². The lowest BCUT2D eigenvalue weighted by Gasteiger charge is -1.99. The molecule has 2 N–H and O–H groups in total. The molecular formula is C7H11N3OS. The summed E-state index contributed by atoms with van der Waals surface area (Å²) in [5, 5.41) is 2.53. The van der Waals surface area contributed by atoms with E-state index in [1.807, 2.05) is 13.1 Å². The smallest absolute Gasteiger partial charge is 0.239 e. The minimum atomic E-state index is -0.0508.